The van der Waals surface area contributed by atoms with Crippen LogP contribution in [0.25, 0.3) is 11.1 Å². The molecule has 0 radical (unpaired) electrons. The molecule has 1 saturated carbocycles. The summed E-state index contributed by atoms with van der Waals surface area (Å²) in [6, 6.07) is 13.3. The highest BCUT2D eigenvalue weighted by Crippen LogP contribution is 2.36. The van der Waals surface area contributed by atoms with Gasteiger partial charge in [-0.15, -0.1) is 0 Å². The van der Waals surface area contributed by atoms with E-state index in [1.807, 2.05) is 30.3 Å². The lowest BCUT2D eigenvalue weighted by molar-refractivity contribution is 0.0951. The van der Waals surface area contributed by atoms with Crippen LogP contribution < -0.4 is 5.32 Å². The number of amides is 1. The number of benzene rings is 2. The predicted molar refractivity (Wildman–Crippen MR) is 75.8 cm³/mol. The predicted octanol–water partition coefficient (Wildman–Crippen LogP) is 2.79. The van der Waals surface area contributed by atoms with Gasteiger partial charge in [0, 0.05) is 22.7 Å². The van der Waals surface area contributed by atoms with Crippen molar-refractivity contribution in [2.45, 2.75) is 18.9 Å². The molecule has 0 heterocycles. The van der Waals surface area contributed by atoms with E-state index in [0.29, 0.717) is 17.2 Å². The Morgan fingerprint density at radius 1 is 0.950 bits per heavy atom. The van der Waals surface area contributed by atoms with Crippen LogP contribution >= 0.6 is 0 Å². The topological polar surface area (TPSA) is 46.2 Å². The van der Waals surface area contributed by atoms with Crippen LogP contribution in [0, 0.1) is 0 Å². The standard InChI is InChI=1S/C17H13NO2/c19-16-14-4-2-1-3-12(14)13-8-5-10(9-15(13)16)17(20)18-11-6-7-11/h1-5,8-9,11H,6-7H2,(H,18,20). The summed E-state index contributed by atoms with van der Waals surface area (Å²) in [5, 5.41) is 2.95. The summed E-state index contributed by atoms with van der Waals surface area (Å²) in [7, 11) is 0. The number of hydrogen-bond acceptors (Lipinski definition) is 2. The lowest BCUT2D eigenvalue weighted by atomic mass is 10.0. The molecule has 0 unspecified atom stereocenters. The van der Waals surface area contributed by atoms with Gasteiger partial charge in [-0.25, -0.2) is 0 Å². The van der Waals surface area contributed by atoms with Crippen molar-refractivity contribution in [3.05, 3.63) is 59.2 Å². The van der Waals surface area contributed by atoms with Gasteiger partial charge in [-0.3, -0.25) is 9.59 Å². The lowest BCUT2D eigenvalue weighted by Gasteiger charge is -2.05. The molecule has 1 amide bonds. The van der Waals surface area contributed by atoms with E-state index in [1.165, 1.54) is 0 Å². The fourth-order valence-corrected chi connectivity index (χ4v) is 2.67. The molecule has 0 aromatic heterocycles. The number of carbonyl (C=O) groups is 2. The zero-order chi connectivity index (χ0) is 13.7. The summed E-state index contributed by atoms with van der Waals surface area (Å²) in [5.74, 6) is -0.0734. The van der Waals surface area contributed by atoms with Crippen LogP contribution in [0.5, 0.6) is 0 Å². The van der Waals surface area contributed by atoms with Gasteiger partial charge in [0.05, 0.1) is 0 Å². The van der Waals surface area contributed by atoms with Crippen molar-refractivity contribution < 1.29 is 9.59 Å². The van der Waals surface area contributed by atoms with E-state index < -0.39 is 0 Å². The summed E-state index contributed by atoms with van der Waals surface area (Å²) >= 11 is 0. The number of fused-ring (bicyclic) bond motifs is 3. The summed E-state index contributed by atoms with van der Waals surface area (Å²) < 4.78 is 0. The summed E-state index contributed by atoms with van der Waals surface area (Å²) in [6.07, 6.45) is 2.11. The average Bonchev–Trinajstić information content (AvgIpc) is 3.25. The number of ketones is 1. The number of rotatable bonds is 2. The fourth-order valence-electron chi connectivity index (χ4n) is 2.67. The SMILES string of the molecule is O=C(NC1CC1)c1ccc2c(c1)C(=O)c1ccccc1-2. The normalized spacial score (nSPS) is 15.7. The molecule has 2 aromatic carbocycles. The van der Waals surface area contributed by atoms with Gasteiger partial charge in [0.15, 0.2) is 5.78 Å². The Bertz CT molecular complexity index is 744. The summed E-state index contributed by atoms with van der Waals surface area (Å²) in [4.78, 5) is 24.4. The quantitative estimate of drug-likeness (QED) is 0.772. The highest BCUT2D eigenvalue weighted by molar-refractivity contribution is 6.22. The Kier molecular flexibility index (Phi) is 2.30. The van der Waals surface area contributed by atoms with Gasteiger partial charge >= 0.3 is 0 Å². The van der Waals surface area contributed by atoms with E-state index in [1.54, 1.807) is 12.1 Å². The van der Waals surface area contributed by atoms with Crippen LogP contribution in [0.2, 0.25) is 0 Å². The van der Waals surface area contributed by atoms with Gasteiger partial charge in [-0.05, 0) is 36.1 Å². The highest BCUT2D eigenvalue weighted by atomic mass is 16.1. The maximum atomic E-state index is 12.4. The molecule has 98 valence electrons. The molecule has 20 heavy (non-hydrogen) atoms. The molecule has 4 rings (SSSR count). The molecule has 1 fully saturated rings. The third kappa shape index (κ3) is 1.67. The molecule has 3 nitrogen and oxygen atoms in total. The van der Waals surface area contributed by atoms with Crippen LogP contribution in [-0.4, -0.2) is 17.7 Å². The molecule has 0 spiro atoms. The second kappa shape index (κ2) is 4.04. The van der Waals surface area contributed by atoms with Gasteiger partial charge in [0.2, 0.25) is 0 Å². The number of hydrogen-bond donors (Lipinski definition) is 1. The van der Waals surface area contributed by atoms with Crippen LogP contribution in [0.3, 0.4) is 0 Å². The maximum Gasteiger partial charge on any atom is 0.251 e. The zero-order valence-electron chi connectivity index (χ0n) is 10.8. The minimum absolute atomic E-state index is 0.0108. The van der Waals surface area contributed by atoms with Crippen molar-refractivity contribution in [1.82, 2.24) is 5.32 Å². The van der Waals surface area contributed by atoms with Crippen molar-refractivity contribution in [2.24, 2.45) is 0 Å². The van der Waals surface area contributed by atoms with Gasteiger partial charge in [-0.2, -0.15) is 0 Å². The number of carbonyl (C=O) groups excluding carboxylic acids is 2. The third-order valence-electron chi connectivity index (χ3n) is 3.90. The molecule has 2 aromatic rings. The largest absolute Gasteiger partial charge is 0.349 e. The fraction of sp³-hybridized carbons (Fsp3) is 0.176. The first kappa shape index (κ1) is 11.4. The van der Waals surface area contributed by atoms with Crippen LogP contribution in [0.1, 0.15) is 39.1 Å². The smallest absolute Gasteiger partial charge is 0.251 e. The van der Waals surface area contributed by atoms with Crippen LogP contribution in [-0.2, 0) is 0 Å². The number of nitrogens with one attached hydrogen (secondary N) is 1. The van der Waals surface area contributed by atoms with Crippen molar-refractivity contribution in [3.8, 4) is 11.1 Å². The first-order valence-electron chi connectivity index (χ1n) is 6.83. The Balaban J connectivity index is 1.76. The molecule has 0 aliphatic heterocycles. The maximum absolute atomic E-state index is 12.4. The molecule has 2 aliphatic rings. The first-order valence-corrected chi connectivity index (χ1v) is 6.83. The van der Waals surface area contributed by atoms with E-state index in [4.69, 9.17) is 0 Å². The monoisotopic (exact) mass is 263 g/mol. The molecule has 3 heteroatoms. The first-order chi connectivity index (χ1) is 9.74. The Labute approximate surface area is 116 Å². The Hall–Kier alpha value is -2.42. The minimum atomic E-state index is -0.0842. The van der Waals surface area contributed by atoms with Crippen molar-refractivity contribution >= 4 is 11.7 Å². The molecular formula is C17H13NO2. The van der Waals surface area contributed by atoms with Crippen molar-refractivity contribution in [3.63, 3.8) is 0 Å². The van der Waals surface area contributed by atoms with Crippen LogP contribution in [0.15, 0.2) is 42.5 Å². The highest BCUT2D eigenvalue weighted by Gasteiger charge is 2.28. The molecule has 1 N–H and O–H groups in total. The third-order valence-corrected chi connectivity index (χ3v) is 3.90. The molecule has 0 bridgehead atoms. The summed E-state index contributed by atoms with van der Waals surface area (Å²) in [6.45, 7) is 0. The van der Waals surface area contributed by atoms with E-state index in [9.17, 15) is 9.59 Å². The van der Waals surface area contributed by atoms with E-state index in [-0.39, 0.29) is 11.7 Å². The minimum Gasteiger partial charge on any atom is -0.349 e. The molecule has 2 aliphatic carbocycles. The van der Waals surface area contributed by atoms with Crippen molar-refractivity contribution in [2.75, 3.05) is 0 Å². The Morgan fingerprint density at radius 2 is 1.65 bits per heavy atom. The van der Waals surface area contributed by atoms with E-state index in [0.717, 1.165) is 29.5 Å². The van der Waals surface area contributed by atoms with E-state index >= 15 is 0 Å². The molecule has 0 atom stereocenters. The van der Waals surface area contributed by atoms with Crippen LogP contribution in [0.4, 0.5) is 0 Å². The van der Waals surface area contributed by atoms with Gasteiger partial charge in [-0.1, -0.05) is 30.3 Å². The van der Waals surface area contributed by atoms with Gasteiger partial charge < -0.3 is 5.32 Å². The summed E-state index contributed by atoms with van der Waals surface area (Å²) in [5.41, 5.74) is 3.81. The Morgan fingerprint density at radius 3 is 2.40 bits per heavy atom. The molecular weight excluding hydrogens is 250 g/mol. The zero-order valence-corrected chi connectivity index (χ0v) is 10.8. The second-order valence-electron chi connectivity index (χ2n) is 5.38. The lowest BCUT2D eigenvalue weighted by Crippen LogP contribution is -2.25. The van der Waals surface area contributed by atoms with Gasteiger partial charge in [0.25, 0.3) is 5.91 Å². The molecule has 0 saturated heterocycles. The van der Waals surface area contributed by atoms with E-state index in [2.05, 4.69) is 5.32 Å². The van der Waals surface area contributed by atoms with Gasteiger partial charge in [0.1, 0.15) is 0 Å². The average molecular weight is 263 g/mol. The van der Waals surface area contributed by atoms with Crippen molar-refractivity contribution in [1.29, 1.82) is 0 Å². The second-order valence-corrected chi connectivity index (χ2v) is 5.38.